The maximum atomic E-state index is 12.2. The van der Waals surface area contributed by atoms with Crippen LogP contribution in [0, 0.1) is 17.8 Å². The summed E-state index contributed by atoms with van der Waals surface area (Å²) in [5, 5.41) is 3.42. The van der Waals surface area contributed by atoms with E-state index in [0.717, 1.165) is 24.2 Å². The number of rotatable bonds is 4. The highest BCUT2D eigenvalue weighted by Crippen LogP contribution is 2.55. The first-order chi connectivity index (χ1) is 9.08. The lowest BCUT2D eigenvalue weighted by Gasteiger charge is -2.56. The van der Waals surface area contributed by atoms with Gasteiger partial charge in [0.25, 0.3) is 0 Å². The molecular formula is C17H27NO. The zero-order valence-corrected chi connectivity index (χ0v) is 12.4. The fourth-order valence-corrected chi connectivity index (χ4v) is 5.02. The van der Waals surface area contributed by atoms with E-state index < -0.39 is 0 Å². The molecule has 106 valence electrons. The molecule has 0 radical (unpaired) electrons. The molecule has 0 aromatic carbocycles. The highest BCUT2D eigenvalue weighted by molar-refractivity contribution is 5.78. The van der Waals surface area contributed by atoms with Gasteiger partial charge in [-0.3, -0.25) is 4.79 Å². The van der Waals surface area contributed by atoms with Gasteiger partial charge in [0.15, 0.2) is 0 Å². The number of hydrogen-bond acceptors (Lipinski definition) is 1. The monoisotopic (exact) mass is 261 g/mol. The van der Waals surface area contributed by atoms with Crippen molar-refractivity contribution in [3.63, 3.8) is 0 Å². The molecule has 19 heavy (non-hydrogen) atoms. The number of carbonyl (C=O) groups is 1. The van der Waals surface area contributed by atoms with Crippen molar-refractivity contribution in [3.05, 3.63) is 11.6 Å². The standard InChI is InChI=1S/C17H27NO/c1-3-12(2)4-5-16(19)18-17-9-13-6-14(10-17)8-15(7-13)11-17/h4,13-15H,3,5-11H2,1-2H3,(H,18,19). The third-order valence-corrected chi connectivity index (χ3v) is 5.64. The maximum Gasteiger partial charge on any atom is 0.224 e. The Labute approximate surface area is 117 Å². The molecule has 0 heterocycles. The molecule has 4 aliphatic rings. The summed E-state index contributed by atoms with van der Waals surface area (Å²) in [6.45, 7) is 4.25. The van der Waals surface area contributed by atoms with Gasteiger partial charge in [-0.05, 0) is 69.6 Å². The van der Waals surface area contributed by atoms with Crippen molar-refractivity contribution in [1.29, 1.82) is 0 Å². The first-order valence-corrected chi connectivity index (χ1v) is 8.05. The second-order valence-corrected chi connectivity index (χ2v) is 7.35. The van der Waals surface area contributed by atoms with Crippen LogP contribution in [0.4, 0.5) is 0 Å². The molecule has 4 saturated carbocycles. The molecular weight excluding hydrogens is 234 g/mol. The Kier molecular flexibility index (Phi) is 3.44. The van der Waals surface area contributed by atoms with Crippen LogP contribution in [0.1, 0.15) is 65.2 Å². The van der Waals surface area contributed by atoms with Crippen LogP contribution in [0.25, 0.3) is 0 Å². The quantitative estimate of drug-likeness (QED) is 0.766. The molecule has 1 amide bonds. The van der Waals surface area contributed by atoms with Crippen LogP contribution in [0.3, 0.4) is 0 Å². The number of amides is 1. The van der Waals surface area contributed by atoms with Crippen molar-refractivity contribution < 1.29 is 4.79 Å². The summed E-state index contributed by atoms with van der Waals surface area (Å²) < 4.78 is 0. The summed E-state index contributed by atoms with van der Waals surface area (Å²) in [7, 11) is 0. The first-order valence-electron chi connectivity index (χ1n) is 8.05. The molecule has 1 N–H and O–H groups in total. The molecule has 0 spiro atoms. The topological polar surface area (TPSA) is 29.1 Å². The zero-order chi connectivity index (χ0) is 13.5. The maximum absolute atomic E-state index is 12.2. The van der Waals surface area contributed by atoms with Crippen LogP contribution in [0.5, 0.6) is 0 Å². The molecule has 4 bridgehead atoms. The summed E-state index contributed by atoms with van der Waals surface area (Å²) in [6.07, 6.45) is 11.8. The Bertz CT molecular complexity index is 361. The lowest BCUT2D eigenvalue weighted by atomic mass is 9.53. The molecule has 4 aliphatic carbocycles. The van der Waals surface area contributed by atoms with Crippen molar-refractivity contribution in [2.75, 3.05) is 0 Å². The van der Waals surface area contributed by atoms with Crippen molar-refractivity contribution in [2.24, 2.45) is 17.8 Å². The van der Waals surface area contributed by atoms with Gasteiger partial charge in [0.05, 0.1) is 0 Å². The van der Waals surface area contributed by atoms with Crippen molar-refractivity contribution in [3.8, 4) is 0 Å². The van der Waals surface area contributed by atoms with E-state index >= 15 is 0 Å². The molecule has 4 fully saturated rings. The van der Waals surface area contributed by atoms with Crippen LogP contribution in [0.2, 0.25) is 0 Å². The molecule has 0 aromatic rings. The predicted octanol–water partition coefficient (Wildman–Crippen LogP) is 3.82. The lowest BCUT2D eigenvalue weighted by Crippen LogP contribution is -2.59. The van der Waals surface area contributed by atoms with Gasteiger partial charge in [0.2, 0.25) is 5.91 Å². The highest BCUT2D eigenvalue weighted by atomic mass is 16.1. The minimum Gasteiger partial charge on any atom is -0.350 e. The van der Waals surface area contributed by atoms with E-state index in [1.807, 2.05) is 0 Å². The summed E-state index contributed by atoms with van der Waals surface area (Å²) >= 11 is 0. The third kappa shape index (κ3) is 2.73. The molecule has 0 atom stereocenters. The van der Waals surface area contributed by atoms with Gasteiger partial charge < -0.3 is 5.32 Å². The van der Waals surface area contributed by atoms with Gasteiger partial charge >= 0.3 is 0 Å². The van der Waals surface area contributed by atoms with E-state index in [2.05, 4.69) is 25.2 Å². The molecule has 0 saturated heterocycles. The van der Waals surface area contributed by atoms with Gasteiger partial charge in [-0.1, -0.05) is 18.6 Å². The van der Waals surface area contributed by atoms with Gasteiger partial charge in [-0.2, -0.15) is 0 Å². The minimum atomic E-state index is 0.180. The fraction of sp³-hybridized carbons (Fsp3) is 0.824. The Balaban J connectivity index is 1.61. The van der Waals surface area contributed by atoms with Gasteiger partial charge in [0.1, 0.15) is 0 Å². The second-order valence-electron chi connectivity index (χ2n) is 7.35. The average Bonchev–Trinajstić information content (AvgIpc) is 2.33. The van der Waals surface area contributed by atoms with Gasteiger partial charge in [-0.25, -0.2) is 0 Å². The summed E-state index contributed by atoms with van der Waals surface area (Å²) in [4.78, 5) is 12.2. The van der Waals surface area contributed by atoms with Crippen molar-refractivity contribution in [2.45, 2.75) is 70.8 Å². The van der Waals surface area contributed by atoms with E-state index in [1.54, 1.807) is 0 Å². The summed E-state index contributed by atoms with van der Waals surface area (Å²) in [5.74, 6) is 2.95. The summed E-state index contributed by atoms with van der Waals surface area (Å²) in [5.41, 5.74) is 1.50. The molecule has 0 unspecified atom stereocenters. The zero-order valence-electron chi connectivity index (χ0n) is 12.4. The Morgan fingerprint density at radius 3 is 2.16 bits per heavy atom. The van der Waals surface area contributed by atoms with Crippen molar-refractivity contribution >= 4 is 5.91 Å². The van der Waals surface area contributed by atoms with Crippen LogP contribution in [-0.4, -0.2) is 11.4 Å². The Morgan fingerprint density at radius 1 is 1.16 bits per heavy atom. The molecule has 0 aliphatic heterocycles. The number of nitrogens with one attached hydrogen (secondary N) is 1. The minimum absolute atomic E-state index is 0.180. The molecule has 4 rings (SSSR count). The molecule has 2 heteroatoms. The number of carbonyl (C=O) groups excluding carboxylic acids is 1. The van der Waals surface area contributed by atoms with E-state index in [0.29, 0.717) is 6.42 Å². The van der Waals surface area contributed by atoms with E-state index in [4.69, 9.17) is 0 Å². The van der Waals surface area contributed by atoms with Crippen LogP contribution in [0.15, 0.2) is 11.6 Å². The lowest BCUT2D eigenvalue weighted by molar-refractivity contribution is -0.126. The smallest absolute Gasteiger partial charge is 0.224 e. The highest BCUT2D eigenvalue weighted by Gasteiger charge is 2.51. The van der Waals surface area contributed by atoms with E-state index in [-0.39, 0.29) is 11.4 Å². The van der Waals surface area contributed by atoms with E-state index in [9.17, 15) is 4.79 Å². The Morgan fingerprint density at radius 2 is 1.68 bits per heavy atom. The third-order valence-electron chi connectivity index (χ3n) is 5.64. The van der Waals surface area contributed by atoms with E-state index in [1.165, 1.54) is 44.1 Å². The molecule has 2 nitrogen and oxygen atoms in total. The van der Waals surface area contributed by atoms with Crippen molar-refractivity contribution in [1.82, 2.24) is 5.32 Å². The predicted molar refractivity (Wildman–Crippen MR) is 77.7 cm³/mol. The van der Waals surface area contributed by atoms with Crippen LogP contribution < -0.4 is 5.32 Å². The second kappa shape index (κ2) is 4.96. The Hall–Kier alpha value is -0.790. The largest absolute Gasteiger partial charge is 0.350 e. The van der Waals surface area contributed by atoms with Crippen LogP contribution in [-0.2, 0) is 4.79 Å². The van der Waals surface area contributed by atoms with Crippen LogP contribution >= 0.6 is 0 Å². The first kappa shape index (κ1) is 13.2. The number of hydrogen-bond donors (Lipinski definition) is 1. The summed E-state index contributed by atoms with van der Waals surface area (Å²) in [6, 6.07) is 0. The average molecular weight is 261 g/mol. The SMILES string of the molecule is CCC(C)=CCC(=O)NC12CC3CC(CC(C3)C1)C2. The normalized spacial score (nSPS) is 40.5. The molecule has 0 aromatic heterocycles. The van der Waals surface area contributed by atoms with Gasteiger partial charge in [0, 0.05) is 12.0 Å². The number of allylic oxidation sites excluding steroid dienone is 1. The fourth-order valence-electron chi connectivity index (χ4n) is 5.02. The van der Waals surface area contributed by atoms with Gasteiger partial charge in [-0.15, -0.1) is 0 Å².